The summed E-state index contributed by atoms with van der Waals surface area (Å²) in [6.45, 7) is 13.3. The number of allylic oxidation sites excluding steroid dienone is 2. The highest BCUT2D eigenvalue weighted by atomic mass is 79.9. The number of esters is 2. The number of carbonyl (C=O) groups is 2. The summed E-state index contributed by atoms with van der Waals surface area (Å²) in [4.78, 5) is 27.2. The van der Waals surface area contributed by atoms with Crippen LogP contribution in [0, 0.1) is 0 Å². The first-order valence-corrected chi connectivity index (χ1v) is 19.2. The molecular formula is C40H68Br2N2O6. The van der Waals surface area contributed by atoms with Gasteiger partial charge in [-0.3, -0.25) is 5.32 Å². The average molecular weight is 833 g/mol. The molecule has 0 bridgehead atoms. The number of pyridine rings is 1. The highest BCUT2D eigenvalue weighted by Crippen LogP contribution is 2.36. The number of nitrogens with two attached hydrogens (primary N) is 1. The lowest BCUT2D eigenvalue weighted by Gasteiger charge is -2.26. The zero-order valence-corrected chi connectivity index (χ0v) is 35.1. The Balaban J connectivity index is 0.0000120. The molecule has 2 rings (SSSR count). The molecule has 0 radical (unpaired) electrons. The number of quaternary nitrogens is 1. The summed E-state index contributed by atoms with van der Waals surface area (Å²) in [6, 6.07) is 4.00. The summed E-state index contributed by atoms with van der Waals surface area (Å²) < 4.78 is 24.6. The Morgan fingerprint density at radius 2 is 1.06 bits per heavy atom. The quantitative estimate of drug-likeness (QED) is 0.0786. The van der Waals surface area contributed by atoms with Gasteiger partial charge in [-0.2, -0.15) is 0 Å². The fraction of sp³-hybridized carbons (Fsp3) is 0.725. The molecule has 8 nitrogen and oxygen atoms in total. The van der Waals surface area contributed by atoms with Gasteiger partial charge >= 0.3 is 11.9 Å². The second-order valence-electron chi connectivity index (χ2n) is 13.2. The maximum atomic E-state index is 13.6. The number of carbonyl (C=O) groups excluding carboxylic acids is 2. The van der Waals surface area contributed by atoms with Crippen molar-refractivity contribution in [2.45, 2.75) is 150 Å². The van der Waals surface area contributed by atoms with Gasteiger partial charge in [0.1, 0.15) is 42.3 Å². The summed E-state index contributed by atoms with van der Waals surface area (Å²) in [6.07, 6.45) is 24.6. The highest BCUT2D eigenvalue weighted by molar-refractivity contribution is 5.99. The Morgan fingerprint density at radius 1 is 0.620 bits per heavy atom. The van der Waals surface area contributed by atoms with E-state index in [0.717, 1.165) is 42.8 Å². The van der Waals surface area contributed by atoms with Crippen LogP contribution in [0.4, 0.5) is 0 Å². The van der Waals surface area contributed by atoms with Gasteiger partial charge in [-0.25, -0.2) is 14.2 Å². The molecule has 10 heteroatoms. The molecule has 0 fully saturated rings. The van der Waals surface area contributed by atoms with Crippen molar-refractivity contribution in [2.75, 3.05) is 39.6 Å². The molecule has 2 N–H and O–H groups in total. The monoisotopic (exact) mass is 830 g/mol. The number of nitrogens with zero attached hydrogens (tertiary/aromatic N) is 1. The number of aryl methyl sites for hydroxylation is 1. The maximum Gasteiger partial charge on any atom is 0.340 e. The lowest BCUT2D eigenvalue weighted by atomic mass is 9.81. The number of hydrogen-bond donors (Lipinski definition) is 1. The number of hydrogen-bond acceptors (Lipinski definition) is 6. The zero-order valence-electron chi connectivity index (χ0n) is 31.9. The lowest BCUT2D eigenvalue weighted by molar-refractivity contribution is -0.697. The first-order valence-electron chi connectivity index (χ1n) is 19.2. The van der Waals surface area contributed by atoms with Crippen LogP contribution in [-0.4, -0.2) is 51.6 Å². The molecule has 0 aliphatic carbocycles. The molecule has 1 aromatic rings. The van der Waals surface area contributed by atoms with Crippen LogP contribution in [0.3, 0.4) is 0 Å². The summed E-state index contributed by atoms with van der Waals surface area (Å²) in [5, 5.41) is 1.89. The molecular weight excluding hydrogens is 764 g/mol. The average Bonchev–Trinajstić information content (AvgIpc) is 3.07. The third-order valence-electron chi connectivity index (χ3n) is 8.90. The van der Waals surface area contributed by atoms with E-state index in [0.29, 0.717) is 37.6 Å². The second kappa shape index (κ2) is 31.0. The van der Waals surface area contributed by atoms with Gasteiger partial charge in [-0.15, -0.1) is 0 Å². The number of aromatic nitrogens is 1. The minimum absolute atomic E-state index is 0. The molecule has 0 amide bonds. The van der Waals surface area contributed by atoms with Crippen LogP contribution in [0.2, 0.25) is 0 Å². The number of unbranched alkanes of at least 4 members (excludes halogenated alkanes) is 13. The Hall–Kier alpha value is -1.59. The molecule has 2 heterocycles. The van der Waals surface area contributed by atoms with Crippen molar-refractivity contribution in [3.63, 3.8) is 0 Å². The van der Waals surface area contributed by atoms with Gasteiger partial charge in [-0.1, -0.05) is 97.8 Å². The van der Waals surface area contributed by atoms with Crippen molar-refractivity contribution in [1.29, 1.82) is 0 Å². The number of ether oxygens (including phenoxy) is 4. The Morgan fingerprint density at radius 3 is 1.50 bits per heavy atom. The predicted molar refractivity (Wildman–Crippen MR) is 191 cm³/mol. The van der Waals surface area contributed by atoms with Gasteiger partial charge in [-0.05, 0) is 25.3 Å². The molecule has 1 aliphatic rings. The van der Waals surface area contributed by atoms with Gasteiger partial charge in [0, 0.05) is 45.1 Å². The Labute approximate surface area is 325 Å². The van der Waals surface area contributed by atoms with E-state index in [1.807, 2.05) is 45.1 Å². The van der Waals surface area contributed by atoms with Gasteiger partial charge in [0.2, 0.25) is 0 Å². The van der Waals surface area contributed by atoms with E-state index >= 15 is 0 Å². The predicted octanol–water partition coefficient (Wildman–Crippen LogP) is 1.61. The van der Waals surface area contributed by atoms with E-state index in [2.05, 4.69) is 23.9 Å². The van der Waals surface area contributed by atoms with Gasteiger partial charge in [0.15, 0.2) is 12.4 Å². The molecule has 50 heavy (non-hydrogen) atoms. The van der Waals surface area contributed by atoms with E-state index in [4.69, 9.17) is 18.9 Å². The SMILES string of the molecule is CCCCCCCCCCCCCCCC[n+]1cccc(C2C(C(=O)OCCOCCC)=C(C)[NH2+]C(C)=C2C(=O)OCCOCCC)c1.[Br-].[Br-]. The molecule has 0 atom stereocenters. The first-order chi connectivity index (χ1) is 23.4. The van der Waals surface area contributed by atoms with E-state index < -0.39 is 17.9 Å². The van der Waals surface area contributed by atoms with Crippen molar-refractivity contribution < 1.29 is 72.4 Å². The third kappa shape index (κ3) is 19.3. The molecule has 1 aliphatic heterocycles. The third-order valence-corrected chi connectivity index (χ3v) is 8.90. The first kappa shape index (κ1) is 48.4. The smallest absolute Gasteiger partial charge is 0.340 e. The van der Waals surface area contributed by atoms with Crippen LogP contribution in [0.1, 0.15) is 149 Å². The van der Waals surface area contributed by atoms with Crippen LogP contribution in [-0.2, 0) is 35.1 Å². The summed E-state index contributed by atoms with van der Waals surface area (Å²) >= 11 is 0. The lowest BCUT2D eigenvalue weighted by Crippen LogP contribution is -3.00. The van der Waals surface area contributed by atoms with E-state index in [1.165, 1.54) is 83.5 Å². The fourth-order valence-electron chi connectivity index (χ4n) is 6.35. The molecule has 0 saturated heterocycles. The Bertz CT molecular complexity index is 1080. The number of halogens is 2. The highest BCUT2D eigenvalue weighted by Gasteiger charge is 2.41. The maximum absolute atomic E-state index is 13.6. The molecule has 288 valence electrons. The topological polar surface area (TPSA) is 91.6 Å². The van der Waals surface area contributed by atoms with Crippen molar-refractivity contribution in [2.24, 2.45) is 0 Å². The minimum Gasteiger partial charge on any atom is -1.00 e. The van der Waals surface area contributed by atoms with Gasteiger partial charge in [0.25, 0.3) is 0 Å². The van der Waals surface area contributed by atoms with Crippen LogP contribution in [0.15, 0.2) is 47.1 Å². The van der Waals surface area contributed by atoms with E-state index in [-0.39, 0.29) is 47.2 Å². The van der Waals surface area contributed by atoms with Crippen molar-refractivity contribution in [3.8, 4) is 0 Å². The largest absolute Gasteiger partial charge is 1.00 e. The summed E-state index contributed by atoms with van der Waals surface area (Å²) in [7, 11) is 0. The Kier molecular flexibility index (Phi) is 30.0. The van der Waals surface area contributed by atoms with E-state index in [9.17, 15) is 9.59 Å². The second-order valence-corrected chi connectivity index (χ2v) is 13.2. The molecule has 1 aromatic heterocycles. The van der Waals surface area contributed by atoms with Crippen molar-refractivity contribution in [1.82, 2.24) is 0 Å². The van der Waals surface area contributed by atoms with Crippen LogP contribution >= 0.6 is 0 Å². The van der Waals surface area contributed by atoms with E-state index in [1.54, 1.807) is 0 Å². The molecule has 0 spiro atoms. The van der Waals surface area contributed by atoms with Gasteiger partial charge in [0.05, 0.1) is 19.1 Å². The summed E-state index contributed by atoms with van der Waals surface area (Å²) in [5.74, 6) is -1.45. The van der Waals surface area contributed by atoms with Crippen molar-refractivity contribution in [3.05, 3.63) is 52.6 Å². The number of rotatable bonds is 28. The normalized spacial score (nSPS) is 13.2. The zero-order chi connectivity index (χ0) is 34.8. The molecule has 0 aromatic carbocycles. The van der Waals surface area contributed by atoms with Crippen molar-refractivity contribution >= 4 is 11.9 Å². The fourth-order valence-corrected chi connectivity index (χ4v) is 6.35. The minimum atomic E-state index is -0.591. The molecule has 0 saturated carbocycles. The standard InChI is InChI=1S/C40H66N2O6.2BrH/c1-6-9-10-11-12-13-14-15-16-17-18-19-20-21-24-42-25-22-23-35(32-42)38-36(39(43)47-30-28-45-26-7-2)33(4)41-34(5)37(38)40(44)48-31-29-46-27-8-3;;/h22-23,25,32,38H,6-21,24,26-31H2,1-5H3;2*1H. The van der Waals surface area contributed by atoms with Crippen LogP contribution < -0.4 is 43.8 Å². The molecule has 0 unspecified atom stereocenters. The van der Waals surface area contributed by atoms with Crippen LogP contribution in [0.25, 0.3) is 0 Å². The van der Waals surface area contributed by atoms with Crippen LogP contribution in [0.5, 0.6) is 0 Å². The van der Waals surface area contributed by atoms with Gasteiger partial charge < -0.3 is 52.9 Å². The summed E-state index contributed by atoms with van der Waals surface area (Å²) in [5.41, 5.74) is 3.40.